The molecule has 154 valence electrons. The van der Waals surface area contributed by atoms with Gasteiger partial charge in [-0.15, -0.1) is 0 Å². The number of benzene rings is 1. The van der Waals surface area contributed by atoms with Gasteiger partial charge < -0.3 is 14.1 Å². The molecule has 0 aliphatic heterocycles. The first-order chi connectivity index (χ1) is 11.6. The molecule has 1 aromatic carbocycles. The van der Waals surface area contributed by atoms with Crippen molar-refractivity contribution in [2.24, 2.45) is 9.98 Å². The van der Waals surface area contributed by atoms with E-state index >= 15 is 0 Å². The minimum Gasteiger partial charge on any atom is -1.00 e. The number of hydrogen-bond donors (Lipinski definition) is 0. The third-order valence-electron chi connectivity index (χ3n) is 2.60. The first-order valence-corrected chi connectivity index (χ1v) is 10.5. The van der Waals surface area contributed by atoms with Gasteiger partial charge in [-0.1, -0.05) is 6.07 Å². The minimum atomic E-state index is -4.21. The minimum absolute atomic E-state index is 0. The summed E-state index contributed by atoms with van der Waals surface area (Å²) in [6, 6.07) is 4.64. The molecule has 0 aliphatic carbocycles. The van der Waals surface area contributed by atoms with Gasteiger partial charge in [0.25, 0.3) is 0 Å². The molecule has 0 bridgehead atoms. The molecule has 0 amide bonds. The molecule has 0 saturated heterocycles. The fraction of sp³-hybridized carbons (Fsp3) is 0.500. The summed E-state index contributed by atoms with van der Waals surface area (Å²) in [7, 11) is -8.42. The Morgan fingerprint density at radius 1 is 0.733 bits per heavy atom. The molecule has 0 saturated carbocycles. The molecule has 1 rings (SSSR count). The second kappa shape index (κ2) is 15.9. The summed E-state index contributed by atoms with van der Waals surface area (Å²) in [6.45, 7) is 10.6. The molecule has 0 fully saturated rings. The van der Waals surface area contributed by atoms with Crippen LogP contribution in [0.25, 0.3) is 0 Å². The van der Waals surface area contributed by atoms with E-state index in [1.54, 1.807) is 41.5 Å². The van der Waals surface area contributed by atoms with Gasteiger partial charge in [-0.2, -0.15) is 16.8 Å². The molecule has 0 radical (unpaired) electrons. The van der Waals surface area contributed by atoms with Crippen molar-refractivity contribution in [2.45, 2.75) is 62.4 Å². The molecule has 0 unspecified atom stereocenters. The Bertz CT molecular complexity index is 853. The molecule has 14 heteroatoms. The Hall–Kier alpha value is 2.06. The van der Waals surface area contributed by atoms with Gasteiger partial charge in [0.2, 0.25) is 0 Å². The molecular weight excluding hydrogens is 472 g/mol. The van der Waals surface area contributed by atoms with E-state index in [1.165, 1.54) is 18.2 Å². The van der Waals surface area contributed by atoms with Crippen LogP contribution in [0.2, 0.25) is 0 Å². The fourth-order valence-electron chi connectivity index (χ4n) is 1.37. The topological polar surface area (TPSA) is 111 Å². The Morgan fingerprint density at radius 3 is 1.30 bits per heavy atom. The largest absolute Gasteiger partial charge is 1.00 e. The number of aliphatic imine (C=N–C) groups is 2. The van der Waals surface area contributed by atoms with Crippen molar-refractivity contribution >= 4 is 33.0 Å². The monoisotopic (exact) mass is 500 g/mol. The first kappa shape index (κ1) is 39.3. The third-order valence-corrected chi connectivity index (χ3v) is 4.94. The van der Waals surface area contributed by atoms with E-state index < -0.39 is 31.3 Å². The summed E-state index contributed by atoms with van der Waals surface area (Å²) in [5, 5.41) is 0. The van der Waals surface area contributed by atoms with Crippen LogP contribution < -0.4 is 118 Å². The molecule has 8 nitrogen and oxygen atoms in total. The number of nitrogens with zero attached hydrogens (tertiary/aromatic N) is 2. The van der Waals surface area contributed by atoms with Crippen LogP contribution in [0.15, 0.2) is 44.0 Å². The summed E-state index contributed by atoms with van der Waals surface area (Å²) in [5.41, 5.74) is -1.03. The molecule has 0 N–H and O–H groups in total. The smallest absolute Gasteiger partial charge is 1.00 e. The molecule has 0 aliphatic rings. The summed E-state index contributed by atoms with van der Waals surface area (Å²) in [4.78, 5) is 7.15. The third kappa shape index (κ3) is 15.8. The summed E-state index contributed by atoms with van der Waals surface area (Å²) < 4.78 is 58.1. The van der Waals surface area contributed by atoms with Crippen LogP contribution in [0.5, 0.6) is 0 Å². The van der Waals surface area contributed by atoms with E-state index in [-0.39, 0.29) is 134 Å². The van der Waals surface area contributed by atoms with Crippen molar-refractivity contribution in [3.63, 3.8) is 0 Å². The predicted molar refractivity (Wildman–Crippen MR) is 104 cm³/mol. The van der Waals surface area contributed by atoms with Crippen molar-refractivity contribution in [1.29, 1.82) is 0 Å². The fourth-order valence-corrected chi connectivity index (χ4v) is 3.01. The normalized spacial score (nSPS) is 12.2. The maximum atomic E-state index is 12.2. The second-order valence-corrected chi connectivity index (χ2v) is 10.5. The Morgan fingerprint density at radius 2 is 1.03 bits per heavy atom. The number of hydrogen-bond acceptors (Lipinski definition) is 8. The zero-order valence-electron chi connectivity index (χ0n) is 23.6. The molecule has 1 aromatic rings. The van der Waals surface area contributed by atoms with Crippen LogP contribution in [-0.4, -0.2) is 40.7 Å². The van der Waals surface area contributed by atoms with Crippen molar-refractivity contribution in [1.82, 2.24) is 0 Å². The predicted octanol–water partition coefficient (Wildman–Crippen LogP) is -8.78. The molecular formula is C16H28N2Na4O6S2. The van der Waals surface area contributed by atoms with Gasteiger partial charge in [-0.25, -0.2) is 0 Å². The van der Waals surface area contributed by atoms with Gasteiger partial charge >= 0.3 is 138 Å². The van der Waals surface area contributed by atoms with Crippen molar-refractivity contribution < 1.29 is 149 Å². The van der Waals surface area contributed by atoms with Gasteiger partial charge in [-0.3, -0.25) is 9.98 Å². The van der Waals surface area contributed by atoms with Crippen LogP contribution in [0.3, 0.4) is 0 Å². The quantitative estimate of drug-likeness (QED) is 0.166. The molecule has 0 spiro atoms. The van der Waals surface area contributed by atoms with Crippen LogP contribution >= 0.6 is 0 Å². The summed E-state index contributed by atoms with van der Waals surface area (Å²) in [6.07, 6.45) is 1.64. The van der Waals surface area contributed by atoms with E-state index in [0.717, 1.165) is 18.9 Å². The van der Waals surface area contributed by atoms with E-state index in [4.69, 9.17) is 8.37 Å². The van der Waals surface area contributed by atoms with Crippen LogP contribution in [0.4, 0.5) is 0 Å². The van der Waals surface area contributed by atoms with Gasteiger partial charge in [0.15, 0.2) is 12.8 Å². The molecule has 0 atom stereocenters. The van der Waals surface area contributed by atoms with Crippen LogP contribution in [0.1, 0.15) is 47.2 Å². The van der Waals surface area contributed by atoms with Crippen LogP contribution in [-0.2, 0) is 28.6 Å². The number of rotatable bonds is 6. The standard InChI is InChI=1S/C16H24N2O6S2.4Na.4H/c1-15(2,3)17-11-23-25(19,20)13-8-7-9-14(10-13)26(21,22)24-12-18-16(4,5)6;;;;;;;;/h7-12H,1-6H3;;;;;;;;/q;4*+1;4*-1. The Labute approximate surface area is 274 Å². The van der Waals surface area contributed by atoms with Crippen LogP contribution in [0, 0.1) is 0 Å². The van der Waals surface area contributed by atoms with Crippen molar-refractivity contribution in [2.75, 3.05) is 0 Å². The van der Waals surface area contributed by atoms with Gasteiger partial charge in [-0.05, 0) is 59.7 Å². The van der Waals surface area contributed by atoms with Gasteiger partial charge in [0.05, 0.1) is 11.1 Å². The maximum absolute atomic E-state index is 12.2. The van der Waals surface area contributed by atoms with E-state index in [9.17, 15) is 16.8 Å². The van der Waals surface area contributed by atoms with E-state index in [1.807, 2.05) is 0 Å². The Balaban J connectivity index is -0.000000141. The zero-order valence-corrected chi connectivity index (χ0v) is 29.3. The maximum Gasteiger partial charge on any atom is 1.00 e. The van der Waals surface area contributed by atoms with E-state index in [2.05, 4.69) is 9.98 Å². The SMILES string of the molecule is CC(C)(C)N=COS(=O)(=O)c1cccc(S(=O)(=O)OC=NC(C)(C)C)c1.[H-].[H-].[H-].[H-].[Na+].[Na+].[Na+].[Na+]. The molecule has 30 heavy (non-hydrogen) atoms. The average molecular weight is 501 g/mol. The first-order valence-electron chi connectivity index (χ1n) is 7.66. The average Bonchev–Trinajstić information content (AvgIpc) is 2.44. The van der Waals surface area contributed by atoms with Crippen molar-refractivity contribution in [3.05, 3.63) is 24.3 Å². The van der Waals surface area contributed by atoms with Gasteiger partial charge in [0, 0.05) is 0 Å². The van der Waals surface area contributed by atoms with E-state index in [0.29, 0.717) is 0 Å². The zero-order chi connectivity index (χ0) is 20.2. The molecule has 0 heterocycles. The molecule has 0 aromatic heterocycles. The van der Waals surface area contributed by atoms with Crippen molar-refractivity contribution in [3.8, 4) is 0 Å². The summed E-state index contributed by atoms with van der Waals surface area (Å²) in [5.74, 6) is 0. The second-order valence-electron chi connectivity index (χ2n) is 7.39. The Kier molecular flexibility index (Phi) is 20.8. The summed E-state index contributed by atoms with van der Waals surface area (Å²) >= 11 is 0. The van der Waals surface area contributed by atoms with Gasteiger partial charge in [0.1, 0.15) is 9.79 Å².